The molecule has 4 heterocycles. The fourth-order valence-electron chi connectivity index (χ4n) is 4.31. The van der Waals surface area contributed by atoms with Gasteiger partial charge < -0.3 is 10.6 Å². The third kappa shape index (κ3) is 3.64. The molecule has 1 aliphatic heterocycles. The van der Waals surface area contributed by atoms with Crippen LogP contribution in [-0.2, 0) is 13.2 Å². The zero-order valence-corrected chi connectivity index (χ0v) is 18.2. The van der Waals surface area contributed by atoms with Crippen molar-refractivity contribution >= 4 is 45.1 Å². The first kappa shape index (κ1) is 21.4. The summed E-state index contributed by atoms with van der Waals surface area (Å²) >= 11 is 6.44. The van der Waals surface area contributed by atoms with Gasteiger partial charge in [0.15, 0.2) is 0 Å². The van der Waals surface area contributed by atoms with Crippen LogP contribution in [0.25, 0.3) is 21.8 Å². The molecule has 4 aromatic rings. The number of nitrogens with two attached hydrogens (primary N) is 1. The summed E-state index contributed by atoms with van der Waals surface area (Å²) in [6, 6.07) is 5.70. The van der Waals surface area contributed by atoms with Gasteiger partial charge in [-0.3, -0.25) is 14.5 Å². The standard InChI is InChI=1S/C22H18ClF3N6O/c1-31-19-14-6-13(16(23)7-18(14)30-20(27)15(19)9-29-31)21(33)32-5-4-11(10-32)17-3-2-12(8-28-17)22(24,25)26/h2-3,6-9,11H,4-5,10H2,1H3,(H2,27,30)/t11-/m0/s1. The van der Waals surface area contributed by atoms with Crippen LogP contribution in [0, 0.1) is 0 Å². The maximum Gasteiger partial charge on any atom is 0.417 e. The Bertz CT molecular complexity index is 1400. The third-order valence-corrected chi connectivity index (χ3v) is 6.35. The van der Waals surface area contributed by atoms with Gasteiger partial charge in [0.2, 0.25) is 0 Å². The molecule has 0 bridgehead atoms. The highest BCUT2D eigenvalue weighted by Gasteiger charge is 2.33. The Kier molecular flexibility index (Phi) is 4.93. The van der Waals surface area contributed by atoms with Gasteiger partial charge in [0, 0.05) is 43.3 Å². The molecule has 0 aliphatic carbocycles. The van der Waals surface area contributed by atoms with E-state index < -0.39 is 11.7 Å². The van der Waals surface area contributed by atoms with Crippen LogP contribution in [0.3, 0.4) is 0 Å². The molecule has 33 heavy (non-hydrogen) atoms. The van der Waals surface area contributed by atoms with Crippen LogP contribution in [0.5, 0.6) is 0 Å². The summed E-state index contributed by atoms with van der Waals surface area (Å²) in [4.78, 5) is 23.3. The van der Waals surface area contributed by atoms with E-state index in [4.69, 9.17) is 17.3 Å². The number of amides is 1. The monoisotopic (exact) mass is 474 g/mol. The molecular weight excluding hydrogens is 457 g/mol. The largest absolute Gasteiger partial charge is 0.417 e. The smallest absolute Gasteiger partial charge is 0.383 e. The quantitative estimate of drug-likeness (QED) is 0.465. The first-order valence-electron chi connectivity index (χ1n) is 10.2. The molecule has 1 aromatic carbocycles. The highest BCUT2D eigenvalue weighted by molar-refractivity contribution is 6.35. The molecular formula is C22H18ClF3N6O. The summed E-state index contributed by atoms with van der Waals surface area (Å²) in [5.41, 5.74) is 7.39. The number of carbonyl (C=O) groups is 1. The summed E-state index contributed by atoms with van der Waals surface area (Å²) in [6.07, 6.45) is -1.39. The number of alkyl halides is 3. The van der Waals surface area contributed by atoms with Gasteiger partial charge >= 0.3 is 6.18 Å². The number of fused-ring (bicyclic) bond motifs is 3. The van der Waals surface area contributed by atoms with Crippen molar-refractivity contribution in [2.75, 3.05) is 18.8 Å². The molecule has 1 aliphatic rings. The Morgan fingerprint density at radius 3 is 2.70 bits per heavy atom. The number of carbonyl (C=O) groups excluding carboxylic acids is 1. The number of anilines is 1. The zero-order valence-electron chi connectivity index (χ0n) is 17.4. The summed E-state index contributed by atoms with van der Waals surface area (Å²) in [7, 11) is 1.78. The number of rotatable bonds is 2. The molecule has 3 aromatic heterocycles. The van der Waals surface area contributed by atoms with Crippen LogP contribution in [0.1, 0.15) is 34.0 Å². The Morgan fingerprint density at radius 1 is 1.21 bits per heavy atom. The molecule has 1 saturated heterocycles. The molecule has 0 spiro atoms. The van der Waals surface area contributed by atoms with Crippen LogP contribution < -0.4 is 5.73 Å². The lowest BCUT2D eigenvalue weighted by Crippen LogP contribution is -2.28. The first-order chi connectivity index (χ1) is 15.6. The fourth-order valence-corrected chi connectivity index (χ4v) is 4.55. The van der Waals surface area contributed by atoms with Gasteiger partial charge in [-0.2, -0.15) is 18.3 Å². The van der Waals surface area contributed by atoms with E-state index in [0.717, 1.165) is 17.8 Å². The Morgan fingerprint density at radius 2 is 2.00 bits per heavy atom. The number of halogens is 4. The Hall–Kier alpha value is -3.40. The SMILES string of the molecule is Cn1ncc2c(N)nc3cc(Cl)c(C(=O)N4CC[C@H](c5ccc(C(F)(F)F)cn5)C4)cc3c21. The number of aryl methyl sites for hydroxylation is 1. The van der Waals surface area contributed by atoms with Crippen LogP contribution >= 0.6 is 11.6 Å². The highest BCUT2D eigenvalue weighted by atomic mass is 35.5. The minimum absolute atomic E-state index is 0.152. The van der Waals surface area contributed by atoms with Crippen LogP contribution in [-0.4, -0.2) is 43.6 Å². The highest BCUT2D eigenvalue weighted by Crippen LogP contribution is 2.34. The van der Waals surface area contributed by atoms with E-state index >= 15 is 0 Å². The number of nitrogen functional groups attached to an aromatic ring is 1. The second kappa shape index (κ2) is 7.58. The van der Waals surface area contributed by atoms with Gasteiger partial charge in [0.05, 0.1) is 38.8 Å². The van der Waals surface area contributed by atoms with E-state index in [1.165, 1.54) is 6.07 Å². The van der Waals surface area contributed by atoms with Crippen molar-refractivity contribution in [3.8, 4) is 0 Å². The van der Waals surface area contributed by atoms with Crippen molar-refractivity contribution < 1.29 is 18.0 Å². The molecule has 1 amide bonds. The summed E-state index contributed by atoms with van der Waals surface area (Å²) in [5.74, 6) is -0.0867. The maximum absolute atomic E-state index is 13.3. The molecule has 1 fully saturated rings. The van der Waals surface area contributed by atoms with Crippen LogP contribution in [0.4, 0.5) is 19.0 Å². The minimum Gasteiger partial charge on any atom is -0.383 e. The molecule has 2 N–H and O–H groups in total. The number of aromatic nitrogens is 4. The minimum atomic E-state index is -4.44. The number of benzene rings is 1. The molecule has 0 unspecified atom stereocenters. The molecule has 5 rings (SSSR count). The lowest BCUT2D eigenvalue weighted by molar-refractivity contribution is -0.137. The Labute approximate surface area is 191 Å². The topological polar surface area (TPSA) is 89.9 Å². The lowest BCUT2D eigenvalue weighted by Gasteiger charge is -2.18. The van der Waals surface area contributed by atoms with Gasteiger partial charge in [-0.1, -0.05) is 11.6 Å². The van der Waals surface area contributed by atoms with E-state index in [1.54, 1.807) is 35.0 Å². The average Bonchev–Trinajstić information content (AvgIpc) is 3.41. The predicted octanol–water partition coefficient (Wildman–Crippen LogP) is 4.40. The molecule has 0 radical (unpaired) electrons. The van der Waals surface area contributed by atoms with Gasteiger partial charge in [-0.05, 0) is 30.7 Å². The maximum atomic E-state index is 13.3. The van der Waals surface area contributed by atoms with E-state index in [1.807, 2.05) is 0 Å². The zero-order chi connectivity index (χ0) is 23.5. The summed E-state index contributed by atoms with van der Waals surface area (Å²) < 4.78 is 40.1. The van der Waals surface area contributed by atoms with Crippen molar-refractivity contribution in [1.82, 2.24) is 24.6 Å². The van der Waals surface area contributed by atoms with E-state index in [-0.39, 0.29) is 16.8 Å². The van der Waals surface area contributed by atoms with E-state index in [9.17, 15) is 18.0 Å². The number of hydrogen-bond donors (Lipinski definition) is 1. The van der Waals surface area contributed by atoms with Crippen molar-refractivity contribution in [3.63, 3.8) is 0 Å². The normalized spacial score (nSPS) is 16.8. The molecule has 1 atom stereocenters. The predicted molar refractivity (Wildman–Crippen MR) is 118 cm³/mol. The second-order valence-corrected chi connectivity index (χ2v) is 8.49. The number of likely N-dealkylation sites (tertiary alicyclic amines) is 1. The number of nitrogens with zero attached hydrogens (tertiary/aromatic N) is 5. The summed E-state index contributed by atoms with van der Waals surface area (Å²) in [6.45, 7) is 0.786. The third-order valence-electron chi connectivity index (χ3n) is 6.03. The molecule has 170 valence electrons. The number of hydrogen-bond acceptors (Lipinski definition) is 5. The van der Waals surface area contributed by atoms with Crippen LogP contribution in [0.2, 0.25) is 5.02 Å². The van der Waals surface area contributed by atoms with Crippen molar-refractivity contribution in [2.24, 2.45) is 7.05 Å². The summed E-state index contributed by atoms with van der Waals surface area (Å²) in [5, 5.41) is 5.87. The fraction of sp³-hybridized carbons (Fsp3) is 0.273. The van der Waals surface area contributed by atoms with E-state index in [2.05, 4.69) is 15.1 Å². The van der Waals surface area contributed by atoms with Gasteiger partial charge in [-0.15, -0.1) is 0 Å². The van der Waals surface area contributed by atoms with Crippen molar-refractivity contribution in [3.05, 3.63) is 58.5 Å². The van der Waals surface area contributed by atoms with Crippen molar-refractivity contribution in [1.29, 1.82) is 0 Å². The number of pyridine rings is 2. The molecule has 7 nitrogen and oxygen atoms in total. The second-order valence-electron chi connectivity index (χ2n) is 8.08. The Balaban J connectivity index is 1.44. The molecule has 0 saturated carbocycles. The lowest BCUT2D eigenvalue weighted by atomic mass is 10.0. The van der Waals surface area contributed by atoms with E-state index in [0.29, 0.717) is 52.9 Å². The van der Waals surface area contributed by atoms with Gasteiger partial charge in [0.25, 0.3) is 5.91 Å². The molecule has 11 heteroatoms. The van der Waals surface area contributed by atoms with Crippen molar-refractivity contribution in [2.45, 2.75) is 18.5 Å². The van der Waals surface area contributed by atoms with Gasteiger partial charge in [-0.25, -0.2) is 4.98 Å². The average molecular weight is 475 g/mol. The van der Waals surface area contributed by atoms with Gasteiger partial charge in [0.1, 0.15) is 5.82 Å². The van der Waals surface area contributed by atoms with Crippen LogP contribution in [0.15, 0.2) is 36.7 Å². The first-order valence-corrected chi connectivity index (χ1v) is 10.5.